The minimum atomic E-state index is -0.773. The third-order valence-electron chi connectivity index (χ3n) is 4.29. The Bertz CT molecular complexity index is 949. The van der Waals surface area contributed by atoms with Crippen LogP contribution < -0.4 is 4.74 Å². The molecule has 28 heavy (non-hydrogen) atoms. The van der Waals surface area contributed by atoms with Crippen LogP contribution in [0.5, 0.6) is 5.75 Å². The third kappa shape index (κ3) is 3.40. The summed E-state index contributed by atoms with van der Waals surface area (Å²) in [6.07, 6.45) is 1.18. The molecule has 8 nitrogen and oxygen atoms in total. The highest BCUT2D eigenvalue weighted by Gasteiger charge is 2.42. The Morgan fingerprint density at radius 2 is 1.86 bits per heavy atom. The van der Waals surface area contributed by atoms with E-state index >= 15 is 0 Å². The predicted molar refractivity (Wildman–Crippen MR) is 102 cm³/mol. The quantitative estimate of drug-likeness (QED) is 0.713. The fourth-order valence-electron chi connectivity index (χ4n) is 3.00. The summed E-state index contributed by atoms with van der Waals surface area (Å²) in [5.41, 5.74) is 1.29. The van der Waals surface area contributed by atoms with Gasteiger partial charge >= 0.3 is 11.9 Å². The van der Waals surface area contributed by atoms with E-state index in [0.29, 0.717) is 17.0 Å². The summed E-state index contributed by atoms with van der Waals surface area (Å²) in [6.45, 7) is 1.66. The second-order valence-corrected chi connectivity index (χ2v) is 6.88. The molecule has 2 aliphatic rings. The Kier molecular flexibility index (Phi) is 5.55. The molecule has 0 radical (unpaired) electrons. The first-order chi connectivity index (χ1) is 13.4. The zero-order valence-electron chi connectivity index (χ0n) is 15.7. The lowest BCUT2D eigenvalue weighted by molar-refractivity contribution is -0.138. The zero-order chi connectivity index (χ0) is 20.4. The number of allylic oxidation sites excluding steroid dienone is 1. The Morgan fingerprint density at radius 1 is 1.14 bits per heavy atom. The van der Waals surface area contributed by atoms with Crippen molar-refractivity contribution >= 4 is 34.8 Å². The molecule has 0 aliphatic carbocycles. The average molecular weight is 402 g/mol. The monoisotopic (exact) mass is 402 g/mol. The van der Waals surface area contributed by atoms with Gasteiger partial charge in [0.25, 0.3) is 5.91 Å². The highest BCUT2D eigenvalue weighted by Crippen LogP contribution is 2.42. The zero-order valence-corrected chi connectivity index (χ0v) is 16.5. The fraction of sp³-hybridized carbons (Fsp3) is 0.263. The van der Waals surface area contributed by atoms with Gasteiger partial charge in [-0.1, -0.05) is 12.1 Å². The summed E-state index contributed by atoms with van der Waals surface area (Å²) >= 11 is 1.01. The number of aliphatic imine (C=N–C) groups is 1. The van der Waals surface area contributed by atoms with Crippen molar-refractivity contribution in [3.05, 3.63) is 52.1 Å². The molecule has 0 saturated heterocycles. The van der Waals surface area contributed by atoms with Crippen molar-refractivity contribution in [1.82, 2.24) is 4.90 Å². The van der Waals surface area contributed by atoms with Crippen molar-refractivity contribution in [3.8, 4) is 5.75 Å². The van der Waals surface area contributed by atoms with Crippen LogP contribution in [-0.2, 0) is 23.9 Å². The normalized spacial score (nSPS) is 18.8. The number of methoxy groups -OCH3 is 3. The lowest BCUT2D eigenvalue weighted by Gasteiger charge is -2.37. The molecule has 1 atom stereocenters. The molecular formula is C19H18N2O6S. The number of esters is 2. The predicted octanol–water partition coefficient (Wildman–Crippen LogP) is 2.19. The molecule has 1 aromatic rings. The van der Waals surface area contributed by atoms with Gasteiger partial charge in [-0.3, -0.25) is 9.69 Å². The number of ether oxygens (including phenoxy) is 3. The molecule has 1 unspecified atom stereocenters. The van der Waals surface area contributed by atoms with Crippen LogP contribution in [0.2, 0.25) is 0 Å². The molecule has 146 valence electrons. The van der Waals surface area contributed by atoms with Gasteiger partial charge in [-0.15, -0.1) is 0 Å². The van der Waals surface area contributed by atoms with Crippen LogP contribution in [-0.4, -0.2) is 49.2 Å². The molecule has 0 aromatic heterocycles. The van der Waals surface area contributed by atoms with Crippen LogP contribution >= 0.6 is 11.8 Å². The Balaban J connectivity index is 2.18. The Labute approximate surface area is 165 Å². The molecule has 1 aromatic carbocycles. The minimum absolute atomic E-state index is 0.126. The summed E-state index contributed by atoms with van der Waals surface area (Å²) in [4.78, 5) is 43.2. The SMILES string of the molecule is COC(=O)C1=CC(=O)N2C(=NC(C)=C(C(=O)OC)C2c2cccc(OC)c2)S1. The molecular weight excluding hydrogens is 384 g/mol. The summed E-state index contributed by atoms with van der Waals surface area (Å²) in [5.74, 6) is -1.13. The third-order valence-corrected chi connectivity index (χ3v) is 5.26. The number of hydrogen-bond acceptors (Lipinski definition) is 8. The van der Waals surface area contributed by atoms with Crippen molar-refractivity contribution in [2.75, 3.05) is 21.3 Å². The summed E-state index contributed by atoms with van der Waals surface area (Å²) in [7, 11) is 4.04. The van der Waals surface area contributed by atoms with E-state index in [1.807, 2.05) is 0 Å². The molecule has 9 heteroatoms. The highest BCUT2D eigenvalue weighted by molar-refractivity contribution is 8.18. The van der Waals surface area contributed by atoms with Gasteiger partial charge in [0, 0.05) is 6.08 Å². The molecule has 1 amide bonds. The maximum Gasteiger partial charge on any atom is 0.345 e. The van der Waals surface area contributed by atoms with Crippen molar-refractivity contribution in [3.63, 3.8) is 0 Å². The second-order valence-electron chi connectivity index (χ2n) is 5.87. The van der Waals surface area contributed by atoms with Crippen molar-refractivity contribution in [2.45, 2.75) is 13.0 Å². The van der Waals surface area contributed by atoms with Crippen LogP contribution in [0.3, 0.4) is 0 Å². The van der Waals surface area contributed by atoms with Gasteiger partial charge in [-0.2, -0.15) is 0 Å². The maximum absolute atomic E-state index is 12.9. The van der Waals surface area contributed by atoms with E-state index in [9.17, 15) is 14.4 Å². The summed E-state index contributed by atoms with van der Waals surface area (Å²) < 4.78 is 14.9. The van der Waals surface area contributed by atoms with Gasteiger partial charge in [0.2, 0.25) is 0 Å². The van der Waals surface area contributed by atoms with E-state index in [2.05, 4.69) is 4.99 Å². The molecule has 2 aliphatic heterocycles. The number of hydrogen-bond donors (Lipinski definition) is 0. The van der Waals surface area contributed by atoms with E-state index in [0.717, 1.165) is 11.8 Å². The van der Waals surface area contributed by atoms with E-state index in [4.69, 9.17) is 14.2 Å². The topological polar surface area (TPSA) is 94.5 Å². The average Bonchev–Trinajstić information content (AvgIpc) is 2.71. The van der Waals surface area contributed by atoms with E-state index in [-0.39, 0.29) is 15.6 Å². The lowest BCUT2D eigenvalue weighted by Crippen LogP contribution is -2.44. The van der Waals surface area contributed by atoms with Gasteiger partial charge in [0.05, 0.1) is 38.6 Å². The van der Waals surface area contributed by atoms with Crippen LogP contribution in [0.25, 0.3) is 0 Å². The van der Waals surface area contributed by atoms with E-state index < -0.39 is 23.9 Å². The van der Waals surface area contributed by atoms with Gasteiger partial charge in [-0.05, 0) is 36.4 Å². The molecule has 0 fully saturated rings. The number of benzene rings is 1. The fourth-order valence-corrected chi connectivity index (χ4v) is 4.00. The first-order valence-electron chi connectivity index (χ1n) is 8.24. The summed E-state index contributed by atoms with van der Waals surface area (Å²) in [5, 5.41) is 0.283. The Hall–Kier alpha value is -3.07. The number of carbonyl (C=O) groups is 3. The van der Waals surface area contributed by atoms with Gasteiger partial charge in [0.1, 0.15) is 10.7 Å². The number of rotatable bonds is 4. The highest BCUT2D eigenvalue weighted by atomic mass is 32.2. The largest absolute Gasteiger partial charge is 0.497 e. The van der Waals surface area contributed by atoms with E-state index in [1.54, 1.807) is 31.2 Å². The first-order valence-corrected chi connectivity index (χ1v) is 9.05. The van der Waals surface area contributed by atoms with Gasteiger partial charge < -0.3 is 14.2 Å². The molecule has 0 bridgehead atoms. The molecule has 0 saturated carbocycles. The number of fused-ring (bicyclic) bond motifs is 1. The van der Waals surface area contributed by atoms with Crippen LogP contribution in [0.1, 0.15) is 18.5 Å². The Morgan fingerprint density at radius 3 is 2.50 bits per heavy atom. The van der Waals surface area contributed by atoms with Crippen molar-refractivity contribution < 1.29 is 28.6 Å². The van der Waals surface area contributed by atoms with Crippen molar-refractivity contribution in [1.29, 1.82) is 0 Å². The number of nitrogens with zero attached hydrogens (tertiary/aromatic N) is 2. The number of amides is 1. The molecule has 0 spiro atoms. The molecule has 3 rings (SSSR count). The molecule has 0 N–H and O–H groups in total. The van der Waals surface area contributed by atoms with Crippen molar-refractivity contribution in [2.24, 2.45) is 4.99 Å². The first kappa shape index (κ1) is 19.7. The van der Waals surface area contributed by atoms with Gasteiger partial charge in [-0.25, -0.2) is 14.6 Å². The van der Waals surface area contributed by atoms with Crippen LogP contribution in [0.15, 0.2) is 51.5 Å². The van der Waals surface area contributed by atoms with Gasteiger partial charge in [0.15, 0.2) is 5.17 Å². The summed E-state index contributed by atoms with van der Waals surface area (Å²) in [6, 6.07) is 6.27. The number of carbonyl (C=O) groups excluding carboxylic acids is 3. The second kappa shape index (κ2) is 7.89. The lowest BCUT2D eigenvalue weighted by atomic mass is 9.94. The minimum Gasteiger partial charge on any atom is -0.497 e. The number of thioether (sulfide) groups is 1. The van der Waals surface area contributed by atoms with Crippen LogP contribution in [0, 0.1) is 0 Å². The number of amidine groups is 1. The molecule has 2 heterocycles. The van der Waals surface area contributed by atoms with E-state index in [1.165, 1.54) is 32.3 Å². The van der Waals surface area contributed by atoms with Crippen LogP contribution in [0.4, 0.5) is 0 Å². The standard InChI is InChI=1S/C19H18N2O6S/c1-10-15(18(24)27-4)16(11-6-5-7-12(8-11)25-2)21-14(22)9-13(17(23)26-3)28-19(21)20-10/h5-9,16H,1-4H3. The smallest absolute Gasteiger partial charge is 0.345 e. The maximum atomic E-state index is 12.9.